The Balaban J connectivity index is -0.00000115. The lowest BCUT2D eigenvalue weighted by molar-refractivity contribution is -0.231. The second-order valence-corrected chi connectivity index (χ2v) is 28.6. The monoisotopic (exact) mass is 1280 g/mol. The average Bonchev–Trinajstić information content (AvgIpc) is 1.30. The van der Waals surface area contributed by atoms with Gasteiger partial charge in [-0.15, -0.1) is 0 Å². The molecule has 0 aromatic heterocycles. The fourth-order valence-electron chi connectivity index (χ4n) is 13.5. The number of benzene rings is 2. The van der Waals surface area contributed by atoms with Crippen molar-refractivity contribution in [2.75, 3.05) is 6.61 Å². The summed E-state index contributed by atoms with van der Waals surface area (Å²) < 4.78 is 39.6. The molecule has 91 heavy (non-hydrogen) atoms. The number of phenolic OH excluding ortho intramolecular Hbond substituents is 1. The number of fused-ring (bicyclic) bond motifs is 1. The van der Waals surface area contributed by atoms with Gasteiger partial charge in [-0.1, -0.05) is 127 Å². The summed E-state index contributed by atoms with van der Waals surface area (Å²) in [5.74, 6) is 4.36. The predicted octanol–water partition coefficient (Wildman–Crippen LogP) is 20.2. The first-order valence-corrected chi connectivity index (χ1v) is 31.6. The summed E-state index contributed by atoms with van der Waals surface area (Å²) in [4.78, 5) is 72.9. The van der Waals surface area contributed by atoms with Gasteiger partial charge in [-0.2, -0.15) is 0 Å². The highest BCUT2D eigenvalue weighted by Crippen LogP contribution is 2.62. The van der Waals surface area contributed by atoms with Crippen LogP contribution in [-0.2, 0) is 52.5 Å². The highest BCUT2D eigenvalue weighted by atomic mass is 16.6. The van der Waals surface area contributed by atoms with Crippen molar-refractivity contribution in [3.05, 3.63) is 54.1 Å². The Morgan fingerprint density at radius 2 is 1.00 bits per heavy atom. The third kappa shape index (κ3) is 20.9. The Morgan fingerprint density at radius 1 is 0.560 bits per heavy atom. The highest BCUT2D eigenvalue weighted by molar-refractivity contribution is 5.79. The topological polar surface area (TPSA) is 187 Å². The first-order chi connectivity index (χ1) is 38.8. The van der Waals surface area contributed by atoms with E-state index in [0.29, 0.717) is 41.6 Å². The number of esters is 6. The Morgan fingerprint density at radius 3 is 1.45 bits per heavy atom. The number of ether oxygens (including phenoxy) is 7. The molecule has 1 N–H and O–H groups in total. The number of phenols is 1. The Kier molecular flexibility index (Phi) is 36.1. The van der Waals surface area contributed by atoms with Crippen molar-refractivity contribution in [1.29, 1.82) is 0 Å². The average molecular weight is 1290 g/mol. The largest absolute Gasteiger partial charge is 0.508 e. The molecule has 1 saturated heterocycles. The third-order valence-corrected chi connectivity index (χ3v) is 20.8. The van der Waals surface area contributed by atoms with Gasteiger partial charge in [0.1, 0.15) is 46.8 Å². The number of carbonyl (C=O) groups is 6. The van der Waals surface area contributed by atoms with E-state index >= 15 is 0 Å². The molecule has 1 aliphatic heterocycles. The quantitative estimate of drug-likeness (QED) is 0.0795. The van der Waals surface area contributed by atoms with Crippen LogP contribution in [0.4, 0.5) is 0 Å². The smallest absolute Gasteiger partial charge is 0.344 e. The van der Waals surface area contributed by atoms with Crippen LogP contribution in [-0.4, -0.2) is 70.9 Å². The molecule has 6 unspecified atom stereocenters. The Bertz CT molecular complexity index is 2500. The van der Waals surface area contributed by atoms with Gasteiger partial charge in [-0.25, -0.2) is 4.79 Å². The minimum atomic E-state index is -0.520. The lowest BCUT2D eigenvalue weighted by Gasteiger charge is -2.62. The third-order valence-electron chi connectivity index (χ3n) is 20.8. The molecule has 10 rings (SSSR count). The molecule has 1 heterocycles. The van der Waals surface area contributed by atoms with Gasteiger partial charge < -0.3 is 38.3 Å². The van der Waals surface area contributed by atoms with E-state index in [1.165, 1.54) is 57.1 Å². The van der Waals surface area contributed by atoms with Gasteiger partial charge in [0.05, 0.1) is 27.6 Å². The van der Waals surface area contributed by atoms with Gasteiger partial charge in [0.15, 0.2) is 6.61 Å². The minimum Gasteiger partial charge on any atom is -0.508 e. The number of carbonyl (C=O) groups excluding carboxylic acids is 6. The maximum Gasteiger partial charge on any atom is 0.344 e. The molecule has 528 valence electrons. The molecule has 8 fully saturated rings. The number of rotatable bonds is 19. The number of aromatic hydroxyl groups is 1. The van der Waals surface area contributed by atoms with Crippen LogP contribution in [0.3, 0.4) is 0 Å². The molecule has 0 amide bonds. The van der Waals surface area contributed by atoms with E-state index in [2.05, 4.69) is 34.6 Å². The molecule has 7 saturated carbocycles. The van der Waals surface area contributed by atoms with E-state index in [1.54, 1.807) is 24.3 Å². The van der Waals surface area contributed by atoms with Crippen LogP contribution in [0.15, 0.2) is 48.5 Å². The molecule has 2 aromatic rings. The van der Waals surface area contributed by atoms with E-state index in [1.807, 2.05) is 95.2 Å². The predicted molar refractivity (Wildman–Crippen MR) is 373 cm³/mol. The van der Waals surface area contributed by atoms with Crippen LogP contribution < -0.4 is 9.47 Å². The van der Waals surface area contributed by atoms with Crippen LogP contribution in [0.1, 0.15) is 285 Å². The SMILES string of the molecule is C.C.C.C.C.C.C.C.CCC(C)(C)C(=O)OC(C)c1ccc(OCC(=O)OC2C3CC4C(=O)OC2C4C3)cc1.CCC(C)(C)C(=O)OC1(C(C)C)C2CC3CC(C2)CC1C3.CCC(C)(C)C(=O)OC1(C(C)C)CCCC1.CCC(C)(C)C(=O)Oc1ccc(O)cc1. The van der Waals surface area contributed by atoms with Gasteiger partial charge in [-0.3, -0.25) is 24.0 Å². The minimum absolute atomic E-state index is 0. The fraction of sp³-hybridized carbons (Fsp3) is 0.766. The second-order valence-electron chi connectivity index (χ2n) is 28.6. The van der Waals surface area contributed by atoms with Crippen LogP contribution in [0.25, 0.3) is 0 Å². The molecule has 6 atom stereocenters. The van der Waals surface area contributed by atoms with E-state index in [0.717, 1.165) is 62.3 Å². The maximum absolute atomic E-state index is 12.8. The molecule has 2 aromatic carbocycles. The van der Waals surface area contributed by atoms with Crippen molar-refractivity contribution < 1.29 is 67.0 Å². The molecule has 14 nitrogen and oxygen atoms in total. The van der Waals surface area contributed by atoms with Gasteiger partial charge in [0.2, 0.25) is 0 Å². The highest BCUT2D eigenvalue weighted by Gasteiger charge is 2.64. The lowest BCUT2D eigenvalue weighted by Crippen LogP contribution is -2.63. The summed E-state index contributed by atoms with van der Waals surface area (Å²) in [5.41, 5.74) is -1.19. The van der Waals surface area contributed by atoms with E-state index < -0.39 is 16.8 Å². The first kappa shape index (κ1) is 90.1. The van der Waals surface area contributed by atoms with E-state index in [4.69, 9.17) is 38.3 Å². The van der Waals surface area contributed by atoms with Gasteiger partial charge in [-0.05, 0) is 236 Å². The van der Waals surface area contributed by atoms with Crippen LogP contribution in [0.2, 0.25) is 0 Å². The summed E-state index contributed by atoms with van der Waals surface area (Å²) in [6, 6.07) is 13.2. The van der Waals surface area contributed by atoms with Crippen LogP contribution in [0, 0.1) is 74.9 Å². The van der Waals surface area contributed by atoms with Crippen molar-refractivity contribution in [3.8, 4) is 17.2 Å². The molecule has 14 heteroatoms. The summed E-state index contributed by atoms with van der Waals surface area (Å²) >= 11 is 0. The maximum atomic E-state index is 12.8. The molecule has 8 aliphatic rings. The summed E-state index contributed by atoms with van der Waals surface area (Å²) in [5, 5.41) is 9.06. The fourth-order valence-corrected chi connectivity index (χ4v) is 13.5. The zero-order valence-electron chi connectivity index (χ0n) is 53.6. The molecule has 7 aliphatic carbocycles. The summed E-state index contributed by atoms with van der Waals surface area (Å²) in [6.45, 7) is 33.9. The molecular weight excluding hydrogens is 1150 g/mol. The van der Waals surface area contributed by atoms with Gasteiger partial charge >= 0.3 is 35.8 Å². The normalized spacial score (nSPS) is 25.0. The molecule has 0 spiro atoms. The first-order valence-electron chi connectivity index (χ1n) is 31.6. The van der Waals surface area contributed by atoms with Gasteiger partial charge in [0.25, 0.3) is 0 Å². The van der Waals surface area contributed by atoms with Crippen molar-refractivity contribution in [2.45, 2.75) is 303 Å². The zero-order valence-corrected chi connectivity index (χ0v) is 53.6. The Labute approximate surface area is 556 Å². The van der Waals surface area contributed by atoms with Crippen LogP contribution in [0.5, 0.6) is 17.2 Å². The molecule has 0 radical (unpaired) electrons. The van der Waals surface area contributed by atoms with E-state index in [-0.39, 0.29) is 160 Å². The van der Waals surface area contributed by atoms with E-state index in [9.17, 15) is 28.8 Å². The summed E-state index contributed by atoms with van der Waals surface area (Å²) in [7, 11) is 0. The van der Waals surface area contributed by atoms with Crippen LogP contribution >= 0.6 is 0 Å². The number of hydrogen-bond acceptors (Lipinski definition) is 14. The van der Waals surface area contributed by atoms with Crippen molar-refractivity contribution in [2.24, 2.45) is 74.9 Å². The standard InChI is InChI=1S/C24H30O7.C19H32O2.C14H26O2.C12H16O3.8CH4/c1-5-24(3,4)23(27)29-13(2)14-6-8-16(9-7-14)28-12-19(25)30-20-15-10-17-18(11-15)22(26)31-21(17)20;1-6-18(4,5)17(20)21-19(12(2)3)15-8-13-7-14(10-15)11-16(19)9-13;1-6-13(4,5)12(15)16-14(11(2)3)9-7-8-10-14;1-4-12(2,3)11(14)15-10-7-5-9(13)6-8-10;;;;;;;;/h6-9,13,15,17-18,20-21H,5,10-12H2,1-4H3;12-16H,6-11H2,1-5H3;11H,6-10H2,1-5H3;5-8,13H,4H2,1-3H3;8*1H4. The molecule has 6 bridgehead atoms. The van der Waals surface area contributed by atoms with Crippen molar-refractivity contribution in [3.63, 3.8) is 0 Å². The van der Waals surface area contributed by atoms with Gasteiger partial charge in [0, 0.05) is 11.8 Å². The summed E-state index contributed by atoms with van der Waals surface area (Å²) in [6.07, 6.45) is 14.8. The lowest BCUT2D eigenvalue weighted by atomic mass is 9.47. The van der Waals surface area contributed by atoms with Crippen molar-refractivity contribution >= 4 is 35.8 Å². The number of hydrogen-bond donors (Lipinski definition) is 1. The van der Waals surface area contributed by atoms with Crippen molar-refractivity contribution in [1.82, 2.24) is 0 Å². The molecular formula is C77H136O14. The Hall–Kier alpha value is -5.14. The zero-order chi connectivity index (χ0) is 61.6. The second kappa shape index (κ2) is 36.5.